The number of carboxylic acid groups (broad SMARTS) is 1. The Morgan fingerprint density at radius 1 is 1.35 bits per heavy atom. The zero-order valence-corrected chi connectivity index (χ0v) is 12.8. The predicted molar refractivity (Wildman–Crippen MR) is 75.8 cm³/mol. The Morgan fingerprint density at radius 2 is 1.95 bits per heavy atom. The lowest BCUT2D eigenvalue weighted by Gasteiger charge is -2.26. The molecular weight excluding hydrogens is 258 g/mol. The number of carbonyl (C=O) groups is 2. The van der Waals surface area contributed by atoms with E-state index in [1.165, 1.54) is 0 Å². The van der Waals surface area contributed by atoms with E-state index in [0.717, 1.165) is 5.69 Å². The number of carbonyl (C=O) groups excluding carboxylic acids is 1. The molecule has 0 unspecified atom stereocenters. The first-order valence-corrected chi connectivity index (χ1v) is 6.82. The van der Waals surface area contributed by atoms with Crippen molar-refractivity contribution in [3.8, 4) is 0 Å². The van der Waals surface area contributed by atoms with Crippen LogP contribution in [0.25, 0.3) is 0 Å². The van der Waals surface area contributed by atoms with Crippen LogP contribution in [0.1, 0.15) is 56.2 Å². The molecule has 0 aliphatic carbocycles. The average molecular weight is 281 g/mol. The van der Waals surface area contributed by atoms with Crippen LogP contribution in [0.4, 0.5) is 0 Å². The molecule has 1 amide bonds. The van der Waals surface area contributed by atoms with Gasteiger partial charge in [-0.3, -0.25) is 14.3 Å². The molecule has 0 radical (unpaired) electrons. The Labute approximate surface area is 119 Å². The SMILES string of the molecule is Cc1c(C(=O)N(CCC(=O)O)C(C)C)cnn1C(C)C. The monoisotopic (exact) mass is 281 g/mol. The maximum absolute atomic E-state index is 12.5. The molecule has 0 bridgehead atoms. The van der Waals surface area contributed by atoms with Gasteiger partial charge in [0.2, 0.25) is 0 Å². The Morgan fingerprint density at radius 3 is 2.35 bits per heavy atom. The summed E-state index contributed by atoms with van der Waals surface area (Å²) in [6.07, 6.45) is 1.51. The molecule has 20 heavy (non-hydrogen) atoms. The van der Waals surface area contributed by atoms with Crippen molar-refractivity contribution in [2.45, 2.75) is 53.1 Å². The lowest BCUT2D eigenvalue weighted by Crippen LogP contribution is -2.38. The fourth-order valence-electron chi connectivity index (χ4n) is 2.12. The van der Waals surface area contributed by atoms with Gasteiger partial charge in [0.25, 0.3) is 5.91 Å². The molecule has 0 saturated heterocycles. The quantitative estimate of drug-likeness (QED) is 0.866. The maximum atomic E-state index is 12.5. The fraction of sp³-hybridized carbons (Fsp3) is 0.643. The predicted octanol–water partition coefficient (Wildman–Crippen LogP) is 2.10. The lowest BCUT2D eigenvalue weighted by atomic mass is 10.2. The molecule has 0 fully saturated rings. The molecule has 1 heterocycles. The van der Waals surface area contributed by atoms with Crippen molar-refractivity contribution in [2.24, 2.45) is 0 Å². The number of carboxylic acids is 1. The average Bonchev–Trinajstić information content (AvgIpc) is 2.70. The number of hydrogen-bond donors (Lipinski definition) is 1. The highest BCUT2D eigenvalue weighted by atomic mass is 16.4. The van der Waals surface area contributed by atoms with Crippen LogP contribution in [0.3, 0.4) is 0 Å². The van der Waals surface area contributed by atoms with Gasteiger partial charge in [0.05, 0.1) is 18.2 Å². The molecule has 6 heteroatoms. The fourth-order valence-corrected chi connectivity index (χ4v) is 2.12. The number of rotatable bonds is 6. The summed E-state index contributed by atoms with van der Waals surface area (Å²) >= 11 is 0. The van der Waals surface area contributed by atoms with E-state index in [4.69, 9.17) is 5.11 Å². The van der Waals surface area contributed by atoms with Gasteiger partial charge in [0.15, 0.2) is 0 Å². The summed E-state index contributed by atoms with van der Waals surface area (Å²) in [4.78, 5) is 24.8. The molecule has 1 aromatic heterocycles. The van der Waals surface area contributed by atoms with E-state index in [9.17, 15) is 9.59 Å². The summed E-state index contributed by atoms with van der Waals surface area (Å²) in [5.74, 6) is -1.07. The van der Waals surface area contributed by atoms with Gasteiger partial charge in [-0.15, -0.1) is 0 Å². The van der Waals surface area contributed by atoms with E-state index in [0.29, 0.717) is 5.56 Å². The molecule has 1 N–H and O–H groups in total. The summed E-state index contributed by atoms with van der Waals surface area (Å²) < 4.78 is 1.79. The van der Waals surface area contributed by atoms with Crippen LogP contribution < -0.4 is 0 Å². The first-order chi connectivity index (χ1) is 9.25. The molecule has 112 valence electrons. The van der Waals surface area contributed by atoms with Crippen LogP contribution >= 0.6 is 0 Å². The molecule has 1 rings (SSSR count). The zero-order chi connectivity index (χ0) is 15.4. The molecule has 6 nitrogen and oxygen atoms in total. The molecule has 1 aromatic rings. The Kier molecular flexibility index (Phi) is 5.30. The van der Waals surface area contributed by atoms with Crippen molar-refractivity contribution >= 4 is 11.9 Å². The summed E-state index contributed by atoms with van der Waals surface area (Å²) in [6.45, 7) is 9.82. The smallest absolute Gasteiger partial charge is 0.305 e. The van der Waals surface area contributed by atoms with Crippen molar-refractivity contribution in [3.05, 3.63) is 17.5 Å². The van der Waals surface area contributed by atoms with Gasteiger partial charge in [-0.2, -0.15) is 5.10 Å². The van der Waals surface area contributed by atoms with Crippen molar-refractivity contribution in [2.75, 3.05) is 6.54 Å². The topological polar surface area (TPSA) is 75.4 Å². The molecule has 0 atom stereocenters. The molecule has 0 saturated carbocycles. The maximum Gasteiger partial charge on any atom is 0.305 e. The first-order valence-electron chi connectivity index (χ1n) is 6.82. The highest BCUT2D eigenvalue weighted by Crippen LogP contribution is 2.16. The van der Waals surface area contributed by atoms with Gasteiger partial charge in [-0.25, -0.2) is 0 Å². The standard InChI is InChI=1S/C14H23N3O3/c1-9(2)16(7-6-13(18)19)14(20)12-8-15-17(10(3)4)11(12)5/h8-10H,6-7H2,1-5H3,(H,18,19). The highest BCUT2D eigenvalue weighted by molar-refractivity contribution is 5.95. The summed E-state index contributed by atoms with van der Waals surface area (Å²) in [5.41, 5.74) is 1.35. The summed E-state index contributed by atoms with van der Waals surface area (Å²) in [5, 5.41) is 13.0. The van der Waals surface area contributed by atoms with E-state index in [2.05, 4.69) is 5.10 Å². The van der Waals surface area contributed by atoms with Crippen molar-refractivity contribution in [1.29, 1.82) is 0 Å². The Balaban J connectivity index is 2.98. The van der Waals surface area contributed by atoms with E-state index < -0.39 is 5.97 Å². The van der Waals surface area contributed by atoms with E-state index in [1.807, 2.05) is 34.6 Å². The van der Waals surface area contributed by atoms with Crippen LogP contribution in [-0.2, 0) is 4.79 Å². The molecule has 0 aliphatic rings. The summed E-state index contributed by atoms with van der Waals surface area (Å²) in [7, 11) is 0. The summed E-state index contributed by atoms with van der Waals surface area (Å²) in [6, 6.07) is 0.131. The van der Waals surface area contributed by atoms with Gasteiger partial charge in [0.1, 0.15) is 0 Å². The van der Waals surface area contributed by atoms with E-state index in [-0.39, 0.29) is 31.0 Å². The lowest BCUT2D eigenvalue weighted by molar-refractivity contribution is -0.137. The first kappa shape index (κ1) is 16.2. The van der Waals surface area contributed by atoms with Crippen LogP contribution in [0.2, 0.25) is 0 Å². The number of nitrogens with zero attached hydrogens (tertiary/aromatic N) is 3. The van der Waals surface area contributed by atoms with Gasteiger partial charge in [0, 0.05) is 24.3 Å². The third-order valence-electron chi connectivity index (χ3n) is 3.22. The van der Waals surface area contributed by atoms with Gasteiger partial charge >= 0.3 is 5.97 Å². The highest BCUT2D eigenvalue weighted by Gasteiger charge is 2.23. The van der Waals surface area contributed by atoms with Gasteiger partial charge in [-0.05, 0) is 34.6 Å². The Bertz CT molecular complexity index is 492. The number of amides is 1. The van der Waals surface area contributed by atoms with Gasteiger partial charge < -0.3 is 10.0 Å². The van der Waals surface area contributed by atoms with Crippen molar-refractivity contribution in [1.82, 2.24) is 14.7 Å². The van der Waals surface area contributed by atoms with Crippen molar-refractivity contribution < 1.29 is 14.7 Å². The normalized spacial score (nSPS) is 11.2. The van der Waals surface area contributed by atoms with E-state index >= 15 is 0 Å². The minimum Gasteiger partial charge on any atom is -0.481 e. The largest absolute Gasteiger partial charge is 0.481 e. The van der Waals surface area contributed by atoms with Gasteiger partial charge in [-0.1, -0.05) is 0 Å². The minimum absolute atomic E-state index is 0.0522. The molecule has 0 aromatic carbocycles. The van der Waals surface area contributed by atoms with Crippen LogP contribution in [-0.4, -0.2) is 44.3 Å². The van der Waals surface area contributed by atoms with Crippen molar-refractivity contribution in [3.63, 3.8) is 0 Å². The van der Waals surface area contributed by atoms with E-state index in [1.54, 1.807) is 15.8 Å². The zero-order valence-electron chi connectivity index (χ0n) is 12.8. The molecule has 0 spiro atoms. The van der Waals surface area contributed by atoms with Crippen LogP contribution in [0.15, 0.2) is 6.20 Å². The second-order valence-electron chi connectivity index (χ2n) is 5.42. The third kappa shape index (κ3) is 3.59. The second-order valence-corrected chi connectivity index (χ2v) is 5.42. The Hall–Kier alpha value is -1.85. The number of aliphatic carboxylic acids is 1. The third-order valence-corrected chi connectivity index (χ3v) is 3.22. The molecule has 0 aliphatic heterocycles. The van der Waals surface area contributed by atoms with Crippen LogP contribution in [0, 0.1) is 6.92 Å². The number of hydrogen-bond acceptors (Lipinski definition) is 3. The minimum atomic E-state index is -0.905. The molecular formula is C14H23N3O3. The second kappa shape index (κ2) is 6.54. The van der Waals surface area contributed by atoms with Crippen LogP contribution in [0.5, 0.6) is 0 Å². The number of aromatic nitrogens is 2.